The third-order valence-corrected chi connectivity index (χ3v) is 1.81. The van der Waals surface area contributed by atoms with E-state index in [1.165, 1.54) is 12.8 Å². The minimum absolute atomic E-state index is 0.656. The lowest BCUT2D eigenvalue weighted by Crippen LogP contribution is -2.13. The van der Waals surface area contributed by atoms with Crippen LogP contribution in [0, 0.1) is 5.92 Å². The lowest BCUT2D eigenvalue weighted by Gasteiger charge is -2.09. The van der Waals surface area contributed by atoms with Crippen LogP contribution in [0.1, 0.15) is 33.1 Å². The van der Waals surface area contributed by atoms with Gasteiger partial charge in [0.1, 0.15) is 0 Å². The van der Waals surface area contributed by atoms with Gasteiger partial charge in [0.25, 0.3) is 0 Å². The zero-order valence-electron chi connectivity index (χ0n) is 6.18. The molecule has 0 aromatic rings. The quantitative estimate of drug-likeness (QED) is 0.613. The number of thiocarbonyl (C=S) groups is 1. The van der Waals surface area contributed by atoms with Gasteiger partial charge in [0, 0.05) is 6.42 Å². The predicted molar refractivity (Wildman–Crippen MR) is 45.5 cm³/mol. The minimum Gasteiger partial charge on any atom is -0.393 e. The molecule has 9 heavy (non-hydrogen) atoms. The number of rotatable bonds is 4. The molecule has 2 heteroatoms. The van der Waals surface area contributed by atoms with Crippen LogP contribution < -0.4 is 5.73 Å². The van der Waals surface area contributed by atoms with Crippen molar-refractivity contribution in [3.63, 3.8) is 0 Å². The topological polar surface area (TPSA) is 26.0 Å². The molecule has 0 atom stereocenters. The lowest BCUT2D eigenvalue weighted by atomic mass is 10.00. The average Bonchev–Trinajstić information content (AvgIpc) is 1.82. The van der Waals surface area contributed by atoms with Gasteiger partial charge in [0.05, 0.1) is 4.99 Å². The third kappa shape index (κ3) is 4.40. The largest absolute Gasteiger partial charge is 0.393 e. The molecule has 0 amide bonds. The Morgan fingerprint density at radius 1 is 1.44 bits per heavy atom. The Balaban J connectivity index is 3.43. The molecule has 0 bridgehead atoms. The van der Waals surface area contributed by atoms with Crippen molar-refractivity contribution in [3.8, 4) is 0 Å². The van der Waals surface area contributed by atoms with Crippen LogP contribution in [0.4, 0.5) is 0 Å². The Bertz CT molecular complexity index is 86.9. The highest BCUT2D eigenvalue weighted by Gasteiger charge is 2.02. The molecule has 0 rings (SSSR count). The summed E-state index contributed by atoms with van der Waals surface area (Å²) < 4.78 is 0. The molecule has 0 saturated carbocycles. The SMILES string of the molecule is CCC(CC)CC(N)=S. The van der Waals surface area contributed by atoms with Crippen LogP contribution >= 0.6 is 12.2 Å². The van der Waals surface area contributed by atoms with E-state index in [1.54, 1.807) is 0 Å². The van der Waals surface area contributed by atoms with E-state index in [-0.39, 0.29) is 0 Å². The van der Waals surface area contributed by atoms with Gasteiger partial charge >= 0.3 is 0 Å². The van der Waals surface area contributed by atoms with Gasteiger partial charge in [-0.25, -0.2) is 0 Å². The molecule has 0 spiro atoms. The van der Waals surface area contributed by atoms with E-state index < -0.39 is 0 Å². The van der Waals surface area contributed by atoms with E-state index >= 15 is 0 Å². The van der Waals surface area contributed by atoms with E-state index in [2.05, 4.69) is 13.8 Å². The highest BCUT2D eigenvalue weighted by atomic mass is 32.1. The second-order valence-corrected chi connectivity index (χ2v) is 2.88. The van der Waals surface area contributed by atoms with Crippen molar-refractivity contribution in [3.05, 3.63) is 0 Å². The fourth-order valence-electron chi connectivity index (χ4n) is 0.862. The van der Waals surface area contributed by atoms with Crippen molar-refractivity contribution >= 4 is 17.2 Å². The molecule has 0 heterocycles. The molecular weight excluding hydrogens is 130 g/mol. The van der Waals surface area contributed by atoms with Gasteiger partial charge < -0.3 is 5.73 Å². The molecule has 0 saturated heterocycles. The van der Waals surface area contributed by atoms with E-state index in [1.807, 2.05) is 0 Å². The zero-order valence-corrected chi connectivity index (χ0v) is 7.00. The van der Waals surface area contributed by atoms with Crippen LogP contribution in [0.5, 0.6) is 0 Å². The summed E-state index contributed by atoms with van der Waals surface area (Å²) in [6.45, 7) is 4.35. The smallest absolute Gasteiger partial charge is 0.0730 e. The summed E-state index contributed by atoms with van der Waals surface area (Å²) in [7, 11) is 0. The molecule has 1 nitrogen and oxygen atoms in total. The van der Waals surface area contributed by atoms with Crippen molar-refractivity contribution in [2.45, 2.75) is 33.1 Å². The van der Waals surface area contributed by atoms with E-state index in [4.69, 9.17) is 18.0 Å². The second kappa shape index (κ2) is 4.74. The predicted octanol–water partition coefficient (Wildman–Crippen LogP) is 2.10. The van der Waals surface area contributed by atoms with Crippen molar-refractivity contribution in [1.82, 2.24) is 0 Å². The zero-order chi connectivity index (χ0) is 7.28. The summed E-state index contributed by atoms with van der Waals surface area (Å²) in [5.41, 5.74) is 5.38. The Labute approximate surface area is 62.6 Å². The highest BCUT2D eigenvalue weighted by molar-refractivity contribution is 7.80. The summed E-state index contributed by atoms with van der Waals surface area (Å²) in [5, 5.41) is 0. The van der Waals surface area contributed by atoms with Gasteiger partial charge in [-0.3, -0.25) is 0 Å². The van der Waals surface area contributed by atoms with Gasteiger partial charge in [-0.2, -0.15) is 0 Å². The maximum atomic E-state index is 5.38. The van der Waals surface area contributed by atoms with E-state index in [9.17, 15) is 0 Å². The van der Waals surface area contributed by atoms with Gasteiger partial charge in [0.2, 0.25) is 0 Å². The first kappa shape index (κ1) is 8.89. The van der Waals surface area contributed by atoms with Gasteiger partial charge in [-0.1, -0.05) is 38.9 Å². The fraction of sp³-hybridized carbons (Fsp3) is 0.857. The van der Waals surface area contributed by atoms with Crippen molar-refractivity contribution in [1.29, 1.82) is 0 Å². The number of nitrogens with two attached hydrogens (primary N) is 1. The monoisotopic (exact) mass is 145 g/mol. The molecule has 54 valence electrons. The third-order valence-electron chi connectivity index (χ3n) is 1.64. The normalized spacial score (nSPS) is 10.1. The van der Waals surface area contributed by atoms with Crippen molar-refractivity contribution in [2.75, 3.05) is 0 Å². The molecule has 0 aliphatic carbocycles. The Morgan fingerprint density at radius 3 is 2.00 bits per heavy atom. The molecule has 0 aromatic carbocycles. The summed E-state index contributed by atoms with van der Waals surface area (Å²) >= 11 is 4.78. The van der Waals surface area contributed by atoms with Gasteiger partial charge in [-0.05, 0) is 5.92 Å². The summed E-state index contributed by atoms with van der Waals surface area (Å²) in [6, 6.07) is 0. The first-order valence-corrected chi connectivity index (χ1v) is 3.89. The maximum Gasteiger partial charge on any atom is 0.0730 e. The van der Waals surface area contributed by atoms with Crippen LogP contribution in [0.25, 0.3) is 0 Å². The molecule has 2 N–H and O–H groups in total. The maximum absolute atomic E-state index is 5.38. The molecular formula is C7H15NS. The summed E-state index contributed by atoms with van der Waals surface area (Å²) in [5.74, 6) is 0.711. The average molecular weight is 145 g/mol. The second-order valence-electron chi connectivity index (χ2n) is 2.35. The Hall–Kier alpha value is -0.110. The first-order valence-electron chi connectivity index (χ1n) is 3.49. The first-order chi connectivity index (χ1) is 4.20. The van der Waals surface area contributed by atoms with Gasteiger partial charge in [-0.15, -0.1) is 0 Å². The van der Waals surface area contributed by atoms with Crippen LogP contribution in [0.3, 0.4) is 0 Å². The van der Waals surface area contributed by atoms with Crippen LogP contribution in [-0.2, 0) is 0 Å². The number of hydrogen-bond donors (Lipinski definition) is 1. The molecule has 0 aromatic heterocycles. The van der Waals surface area contributed by atoms with Crippen molar-refractivity contribution in [2.24, 2.45) is 11.7 Å². The Morgan fingerprint density at radius 2 is 1.89 bits per heavy atom. The van der Waals surface area contributed by atoms with Crippen LogP contribution in [0.2, 0.25) is 0 Å². The molecule has 0 radical (unpaired) electrons. The van der Waals surface area contributed by atoms with Crippen LogP contribution in [0.15, 0.2) is 0 Å². The van der Waals surface area contributed by atoms with E-state index in [0.717, 1.165) is 6.42 Å². The number of hydrogen-bond acceptors (Lipinski definition) is 1. The van der Waals surface area contributed by atoms with Gasteiger partial charge in [0.15, 0.2) is 0 Å². The summed E-state index contributed by atoms with van der Waals surface area (Å²) in [4.78, 5) is 0.656. The van der Waals surface area contributed by atoms with Crippen molar-refractivity contribution < 1.29 is 0 Å². The highest BCUT2D eigenvalue weighted by Crippen LogP contribution is 2.11. The Kier molecular flexibility index (Phi) is 4.68. The standard InChI is InChI=1S/C7H15NS/c1-3-6(4-2)5-7(8)9/h6H,3-5H2,1-2H3,(H2,8,9). The fourth-order valence-corrected chi connectivity index (χ4v) is 1.10. The molecule has 0 aliphatic heterocycles. The van der Waals surface area contributed by atoms with E-state index in [0.29, 0.717) is 10.9 Å². The molecule has 0 fully saturated rings. The van der Waals surface area contributed by atoms with Crippen LogP contribution in [-0.4, -0.2) is 4.99 Å². The molecule has 0 unspecified atom stereocenters. The minimum atomic E-state index is 0.656. The lowest BCUT2D eigenvalue weighted by molar-refractivity contribution is 0.513. The molecule has 0 aliphatic rings. The summed E-state index contributed by atoms with van der Waals surface area (Å²) in [6.07, 6.45) is 3.30.